The van der Waals surface area contributed by atoms with Crippen LogP contribution in [-0.4, -0.2) is 45.1 Å². The molecule has 1 amide bonds. The third-order valence-corrected chi connectivity index (χ3v) is 6.66. The Kier molecular flexibility index (Phi) is 5.97. The summed E-state index contributed by atoms with van der Waals surface area (Å²) < 4.78 is 68.1. The first-order chi connectivity index (χ1) is 17.2. The molecular weight excluding hydrogens is 485 g/mol. The summed E-state index contributed by atoms with van der Waals surface area (Å²) in [7, 11) is 0. The predicted molar refractivity (Wildman–Crippen MR) is 117 cm³/mol. The van der Waals surface area contributed by atoms with Crippen LogP contribution in [-0.2, 0) is 19.3 Å². The van der Waals surface area contributed by atoms with Crippen molar-refractivity contribution in [1.29, 1.82) is 0 Å². The van der Waals surface area contributed by atoms with Crippen LogP contribution in [0.15, 0.2) is 36.5 Å². The topological polar surface area (TPSA) is 71.3 Å². The number of carbonyl (C=O) groups is 2. The van der Waals surface area contributed by atoms with E-state index in [0.717, 1.165) is 12.1 Å². The Morgan fingerprint density at radius 2 is 1.81 bits per heavy atom. The highest BCUT2D eigenvalue weighted by Crippen LogP contribution is 2.41. The molecule has 1 saturated heterocycles. The number of aromatic nitrogens is 3. The van der Waals surface area contributed by atoms with E-state index in [2.05, 4.69) is 10.1 Å². The largest absolute Gasteiger partial charge is 0.419 e. The van der Waals surface area contributed by atoms with Gasteiger partial charge in [-0.05, 0) is 42.5 Å². The van der Waals surface area contributed by atoms with Crippen LogP contribution in [0.4, 0.5) is 22.0 Å². The predicted octanol–water partition coefficient (Wildman–Crippen LogP) is 4.06. The zero-order chi connectivity index (χ0) is 25.6. The van der Waals surface area contributed by atoms with Crippen molar-refractivity contribution in [1.82, 2.24) is 19.8 Å². The molecule has 3 aromatic rings. The second-order valence-electron chi connectivity index (χ2n) is 8.75. The summed E-state index contributed by atoms with van der Waals surface area (Å²) in [6, 6.07) is 6.70. The van der Waals surface area contributed by atoms with Crippen molar-refractivity contribution in [3.8, 4) is 0 Å². The Morgan fingerprint density at radius 1 is 1.06 bits per heavy atom. The quantitative estimate of drug-likeness (QED) is 0.395. The average molecular weight is 505 g/mol. The molecule has 2 aliphatic heterocycles. The van der Waals surface area contributed by atoms with Crippen LogP contribution < -0.4 is 5.01 Å². The van der Waals surface area contributed by atoms with Crippen molar-refractivity contribution in [3.63, 3.8) is 0 Å². The molecule has 7 nitrogen and oxygen atoms in total. The molecule has 0 bridgehead atoms. The first-order valence-electron chi connectivity index (χ1n) is 11.3. The molecule has 0 unspecified atom stereocenters. The third kappa shape index (κ3) is 4.10. The Hall–Kier alpha value is -3.83. The van der Waals surface area contributed by atoms with Crippen LogP contribution in [0.25, 0.3) is 0 Å². The van der Waals surface area contributed by atoms with Gasteiger partial charge in [0.05, 0.1) is 24.3 Å². The Bertz CT molecular complexity index is 1320. The number of fused-ring (bicyclic) bond motifs is 1. The first-order valence-corrected chi connectivity index (χ1v) is 11.3. The second-order valence-corrected chi connectivity index (χ2v) is 8.75. The van der Waals surface area contributed by atoms with E-state index in [4.69, 9.17) is 0 Å². The van der Waals surface area contributed by atoms with Gasteiger partial charge in [0.25, 0.3) is 5.91 Å². The van der Waals surface area contributed by atoms with Crippen LogP contribution in [0, 0.1) is 11.6 Å². The number of hydrogen-bond acceptors (Lipinski definition) is 5. The molecule has 1 fully saturated rings. The molecule has 0 N–H and O–H groups in total. The highest BCUT2D eigenvalue weighted by Gasteiger charge is 2.41. The monoisotopic (exact) mass is 505 g/mol. The van der Waals surface area contributed by atoms with Crippen molar-refractivity contribution >= 4 is 12.2 Å². The van der Waals surface area contributed by atoms with Gasteiger partial charge in [-0.1, -0.05) is 12.1 Å². The summed E-state index contributed by atoms with van der Waals surface area (Å²) in [5.41, 5.74) is -0.133. The summed E-state index contributed by atoms with van der Waals surface area (Å²) in [5.74, 6) is -4.36. The Balaban J connectivity index is 1.36. The number of benzene rings is 1. The van der Waals surface area contributed by atoms with Gasteiger partial charge in [0.15, 0.2) is 17.9 Å². The first kappa shape index (κ1) is 23.9. The fourth-order valence-electron chi connectivity index (χ4n) is 4.93. The molecule has 0 radical (unpaired) electrons. The molecular formula is C24H20F5N5O2. The molecule has 5 rings (SSSR count). The molecule has 2 aliphatic rings. The SMILES string of the molecule is O=Cc1nn(N2CCC(c3ccc(F)c(F)c3C(F)(F)F)CC2)c2c1CN(C(=O)c1ccccn1)C2. The smallest absolute Gasteiger partial charge is 0.327 e. The van der Waals surface area contributed by atoms with E-state index < -0.39 is 29.3 Å². The second kappa shape index (κ2) is 8.99. The summed E-state index contributed by atoms with van der Waals surface area (Å²) >= 11 is 0. The molecule has 0 spiro atoms. The van der Waals surface area contributed by atoms with Gasteiger partial charge in [-0.25, -0.2) is 8.78 Å². The van der Waals surface area contributed by atoms with E-state index in [1.54, 1.807) is 28.1 Å². The van der Waals surface area contributed by atoms with E-state index in [0.29, 0.717) is 17.5 Å². The van der Waals surface area contributed by atoms with Gasteiger partial charge in [0.2, 0.25) is 0 Å². The van der Waals surface area contributed by atoms with E-state index in [1.165, 1.54) is 11.0 Å². The molecule has 36 heavy (non-hydrogen) atoms. The van der Waals surface area contributed by atoms with Crippen molar-refractivity contribution in [2.75, 3.05) is 18.1 Å². The van der Waals surface area contributed by atoms with Gasteiger partial charge < -0.3 is 4.90 Å². The number of rotatable bonds is 4. The van der Waals surface area contributed by atoms with Gasteiger partial charge in [-0.3, -0.25) is 19.6 Å². The maximum atomic E-state index is 14.1. The minimum absolute atomic E-state index is 0.180. The lowest BCUT2D eigenvalue weighted by Crippen LogP contribution is -2.43. The lowest BCUT2D eigenvalue weighted by molar-refractivity contribution is -0.141. The van der Waals surface area contributed by atoms with Gasteiger partial charge in [0, 0.05) is 24.8 Å². The van der Waals surface area contributed by atoms with Crippen LogP contribution in [0.1, 0.15) is 62.1 Å². The van der Waals surface area contributed by atoms with Crippen LogP contribution in [0.2, 0.25) is 0 Å². The fraction of sp³-hybridized carbons (Fsp3) is 0.333. The Morgan fingerprint density at radius 3 is 2.44 bits per heavy atom. The van der Waals surface area contributed by atoms with E-state index in [9.17, 15) is 31.5 Å². The zero-order valence-electron chi connectivity index (χ0n) is 18.8. The molecule has 12 heteroatoms. The van der Waals surface area contributed by atoms with E-state index >= 15 is 0 Å². The lowest BCUT2D eigenvalue weighted by Gasteiger charge is -2.35. The lowest BCUT2D eigenvalue weighted by atomic mass is 9.86. The number of nitrogens with zero attached hydrogens (tertiary/aromatic N) is 5. The van der Waals surface area contributed by atoms with Crippen molar-refractivity contribution in [2.24, 2.45) is 0 Å². The number of amides is 1. The van der Waals surface area contributed by atoms with Gasteiger partial charge in [0.1, 0.15) is 11.4 Å². The van der Waals surface area contributed by atoms with Crippen LogP contribution >= 0.6 is 0 Å². The minimum atomic E-state index is -5.02. The van der Waals surface area contributed by atoms with Crippen molar-refractivity contribution in [2.45, 2.75) is 38.0 Å². The number of alkyl halides is 3. The summed E-state index contributed by atoms with van der Waals surface area (Å²) in [6.07, 6.45) is -2.44. The molecule has 2 aromatic heterocycles. The Labute approximate surface area is 202 Å². The number of halogens is 5. The maximum absolute atomic E-state index is 14.1. The van der Waals surface area contributed by atoms with Crippen molar-refractivity contribution < 1.29 is 31.5 Å². The van der Waals surface area contributed by atoms with E-state index in [1.807, 2.05) is 0 Å². The normalized spacial score (nSPS) is 16.4. The number of carbonyl (C=O) groups excluding carboxylic acids is 2. The standard InChI is InChI=1S/C24H20F5N5O2/c25-17-5-4-15(21(22(17)26)24(27,28)29)14-6-9-33(10-7-14)34-20-12-32(11-16(20)19(13-35)31-34)23(36)18-3-1-2-8-30-18/h1-5,8,13-14H,6-7,9-12H2. The number of pyridine rings is 1. The van der Waals surface area contributed by atoms with Crippen molar-refractivity contribution in [3.05, 3.63) is 81.9 Å². The minimum Gasteiger partial charge on any atom is -0.327 e. The van der Waals surface area contributed by atoms with Gasteiger partial charge in [-0.2, -0.15) is 18.0 Å². The third-order valence-electron chi connectivity index (χ3n) is 6.66. The van der Waals surface area contributed by atoms with Crippen LogP contribution in [0.5, 0.6) is 0 Å². The molecule has 0 atom stereocenters. The molecule has 1 aromatic carbocycles. The maximum Gasteiger partial charge on any atom is 0.419 e. The average Bonchev–Trinajstić information content (AvgIpc) is 3.44. The zero-order valence-corrected chi connectivity index (χ0v) is 18.8. The molecule has 188 valence electrons. The summed E-state index contributed by atoms with van der Waals surface area (Å²) in [4.78, 5) is 31.7. The molecule has 0 aliphatic carbocycles. The summed E-state index contributed by atoms with van der Waals surface area (Å²) in [6.45, 7) is 0.898. The number of hydrogen-bond donors (Lipinski definition) is 0. The van der Waals surface area contributed by atoms with E-state index in [-0.39, 0.29) is 61.9 Å². The molecule has 0 saturated carbocycles. The van der Waals surface area contributed by atoms with Crippen LogP contribution in [0.3, 0.4) is 0 Å². The number of aldehydes is 1. The molecule has 4 heterocycles. The fourth-order valence-corrected chi connectivity index (χ4v) is 4.93. The number of piperidine rings is 1. The van der Waals surface area contributed by atoms with Gasteiger partial charge >= 0.3 is 6.18 Å². The summed E-state index contributed by atoms with van der Waals surface area (Å²) in [5, 5.41) is 6.13. The van der Waals surface area contributed by atoms with Gasteiger partial charge in [-0.15, -0.1) is 5.10 Å². The highest BCUT2D eigenvalue weighted by atomic mass is 19.4. The highest BCUT2D eigenvalue weighted by molar-refractivity contribution is 5.92.